The molecule has 1 heterocycles. The zero-order valence-corrected chi connectivity index (χ0v) is 10.8. The topological polar surface area (TPSA) is 123 Å². The number of nitrogens with two attached hydrogens (primary N) is 1. The van der Waals surface area contributed by atoms with Gasteiger partial charge in [0.2, 0.25) is 11.7 Å². The van der Waals surface area contributed by atoms with Crippen molar-refractivity contribution in [1.82, 2.24) is 10.3 Å². The number of hydrogen-bond donors (Lipinski definition) is 3. The second-order valence-corrected chi connectivity index (χ2v) is 4.26. The van der Waals surface area contributed by atoms with E-state index in [0.29, 0.717) is 12.4 Å². The van der Waals surface area contributed by atoms with Gasteiger partial charge in [0.25, 0.3) is 0 Å². The Morgan fingerprint density at radius 3 is 2.74 bits per heavy atom. The van der Waals surface area contributed by atoms with Gasteiger partial charge in [0.15, 0.2) is 0 Å². The first-order chi connectivity index (χ1) is 8.90. The fourth-order valence-corrected chi connectivity index (χ4v) is 1.42. The van der Waals surface area contributed by atoms with Crippen molar-refractivity contribution in [2.24, 2.45) is 0 Å². The molecule has 0 saturated heterocycles. The molecule has 8 nitrogen and oxygen atoms in total. The number of nitro groups is 1. The van der Waals surface area contributed by atoms with Gasteiger partial charge >= 0.3 is 5.69 Å². The number of anilines is 2. The number of amides is 1. The van der Waals surface area contributed by atoms with Gasteiger partial charge < -0.3 is 16.4 Å². The lowest BCUT2D eigenvalue weighted by atomic mass is 10.3. The highest BCUT2D eigenvalue weighted by atomic mass is 16.6. The number of nitrogen functional groups attached to an aromatic ring is 1. The van der Waals surface area contributed by atoms with Crippen LogP contribution in [0.2, 0.25) is 0 Å². The van der Waals surface area contributed by atoms with Crippen molar-refractivity contribution in [3.05, 3.63) is 22.2 Å². The summed E-state index contributed by atoms with van der Waals surface area (Å²) in [6.45, 7) is 4.14. The minimum Gasteiger partial charge on any atom is -0.378 e. The summed E-state index contributed by atoms with van der Waals surface area (Å²) in [5.41, 5.74) is 5.21. The smallest absolute Gasteiger partial charge is 0.311 e. The van der Waals surface area contributed by atoms with Crippen molar-refractivity contribution >= 4 is 23.2 Å². The van der Waals surface area contributed by atoms with Gasteiger partial charge in [-0.15, -0.1) is 0 Å². The van der Waals surface area contributed by atoms with Gasteiger partial charge in [0, 0.05) is 25.1 Å². The highest BCUT2D eigenvalue weighted by Crippen LogP contribution is 2.20. The number of carbonyl (C=O) groups excluding carboxylic acids is 1. The van der Waals surface area contributed by atoms with Crippen molar-refractivity contribution in [3.8, 4) is 0 Å². The molecule has 0 radical (unpaired) electrons. The lowest BCUT2D eigenvalue weighted by molar-refractivity contribution is -0.384. The molecule has 0 atom stereocenters. The van der Waals surface area contributed by atoms with Crippen LogP contribution in [-0.2, 0) is 4.79 Å². The zero-order chi connectivity index (χ0) is 14.4. The molecule has 1 aromatic heterocycles. The summed E-state index contributed by atoms with van der Waals surface area (Å²) in [5, 5.41) is 16.2. The monoisotopic (exact) mass is 267 g/mol. The third kappa shape index (κ3) is 4.78. The van der Waals surface area contributed by atoms with Crippen molar-refractivity contribution < 1.29 is 9.72 Å². The second-order valence-electron chi connectivity index (χ2n) is 4.26. The van der Waals surface area contributed by atoms with Gasteiger partial charge in [-0.3, -0.25) is 14.9 Å². The van der Waals surface area contributed by atoms with Gasteiger partial charge in [-0.2, -0.15) is 0 Å². The summed E-state index contributed by atoms with van der Waals surface area (Å²) in [5.74, 6) is 0.180. The Labute approximate surface area is 110 Å². The zero-order valence-electron chi connectivity index (χ0n) is 10.8. The molecular weight excluding hydrogens is 250 g/mol. The third-order valence-corrected chi connectivity index (χ3v) is 2.21. The van der Waals surface area contributed by atoms with Gasteiger partial charge in [-0.1, -0.05) is 0 Å². The summed E-state index contributed by atoms with van der Waals surface area (Å²) in [7, 11) is 0. The van der Waals surface area contributed by atoms with Crippen molar-refractivity contribution in [3.63, 3.8) is 0 Å². The van der Waals surface area contributed by atoms with E-state index in [1.807, 2.05) is 13.8 Å². The van der Waals surface area contributed by atoms with Gasteiger partial charge in [-0.05, 0) is 19.9 Å². The van der Waals surface area contributed by atoms with E-state index in [0.717, 1.165) is 0 Å². The number of nitrogens with one attached hydrogen (secondary N) is 2. The predicted octanol–water partition coefficient (Wildman–Crippen LogP) is 0.899. The lowest BCUT2D eigenvalue weighted by Gasteiger charge is -2.09. The Morgan fingerprint density at radius 2 is 2.21 bits per heavy atom. The molecule has 1 amide bonds. The third-order valence-electron chi connectivity index (χ3n) is 2.21. The first-order valence-corrected chi connectivity index (χ1v) is 5.84. The Morgan fingerprint density at radius 1 is 1.53 bits per heavy atom. The maximum absolute atomic E-state index is 11.4. The number of hydrogen-bond acceptors (Lipinski definition) is 6. The number of pyridine rings is 1. The molecule has 0 unspecified atom stereocenters. The molecule has 0 aromatic carbocycles. The van der Waals surface area contributed by atoms with Crippen LogP contribution in [0.1, 0.15) is 20.3 Å². The Hall–Kier alpha value is -2.38. The van der Waals surface area contributed by atoms with Crippen LogP contribution in [0.15, 0.2) is 12.1 Å². The normalized spacial score (nSPS) is 10.3. The van der Waals surface area contributed by atoms with Crippen LogP contribution in [0.4, 0.5) is 17.3 Å². The average Bonchev–Trinajstić information content (AvgIpc) is 2.27. The van der Waals surface area contributed by atoms with E-state index in [2.05, 4.69) is 15.6 Å². The van der Waals surface area contributed by atoms with E-state index in [9.17, 15) is 14.9 Å². The molecule has 0 bridgehead atoms. The predicted molar refractivity (Wildman–Crippen MR) is 71.7 cm³/mol. The quantitative estimate of drug-likeness (QED) is 0.519. The fourth-order valence-electron chi connectivity index (χ4n) is 1.42. The van der Waals surface area contributed by atoms with Crippen LogP contribution in [0.3, 0.4) is 0 Å². The standard InChI is InChI=1S/C11H17N5O3/c1-7(2)14-10(17)5-6-13-9-4-3-8(16(18)19)11(12)15-9/h3-4,7H,5-6H2,1-2H3,(H,14,17)(H3,12,13,15). The van der Waals surface area contributed by atoms with Gasteiger partial charge in [-0.25, -0.2) is 4.98 Å². The maximum Gasteiger partial charge on any atom is 0.311 e. The van der Waals surface area contributed by atoms with Crippen LogP contribution >= 0.6 is 0 Å². The number of nitrogens with zero attached hydrogens (tertiary/aromatic N) is 2. The van der Waals surface area contributed by atoms with Crippen LogP contribution in [0, 0.1) is 10.1 Å². The summed E-state index contributed by atoms with van der Waals surface area (Å²) in [6, 6.07) is 2.83. The van der Waals surface area contributed by atoms with Crippen LogP contribution in [0.25, 0.3) is 0 Å². The van der Waals surface area contributed by atoms with Crippen LogP contribution < -0.4 is 16.4 Å². The molecule has 104 valence electrons. The van der Waals surface area contributed by atoms with E-state index in [4.69, 9.17) is 5.73 Å². The van der Waals surface area contributed by atoms with Crippen LogP contribution in [0.5, 0.6) is 0 Å². The minimum atomic E-state index is -0.595. The van der Waals surface area contributed by atoms with E-state index in [1.165, 1.54) is 12.1 Å². The molecule has 19 heavy (non-hydrogen) atoms. The highest BCUT2D eigenvalue weighted by molar-refractivity contribution is 5.76. The minimum absolute atomic E-state index is 0.0719. The summed E-state index contributed by atoms with van der Waals surface area (Å²) in [4.78, 5) is 25.2. The van der Waals surface area contributed by atoms with E-state index >= 15 is 0 Å². The fraction of sp³-hybridized carbons (Fsp3) is 0.455. The number of rotatable bonds is 6. The Kier molecular flexibility index (Phi) is 5.04. The molecule has 4 N–H and O–H groups in total. The van der Waals surface area contributed by atoms with E-state index in [1.54, 1.807) is 0 Å². The summed E-state index contributed by atoms with van der Waals surface area (Å²) < 4.78 is 0. The van der Waals surface area contributed by atoms with Gasteiger partial charge in [0.1, 0.15) is 5.82 Å². The average molecular weight is 267 g/mol. The summed E-state index contributed by atoms with van der Waals surface area (Å²) >= 11 is 0. The molecule has 0 fully saturated rings. The first kappa shape index (κ1) is 14.7. The molecule has 0 aliphatic carbocycles. The second kappa shape index (κ2) is 6.53. The number of aromatic nitrogens is 1. The molecule has 0 spiro atoms. The van der Waals surface area contributed by atoms with Crippen molar-refractivity contribution in [1.29, 1.82) is 0 Å². The van der Waals surface area contributed by atoms with Crippen LogP contribution in [-0.4, -0.2) is 28.4 Å². The van der Waals surface area contributed by atoms with E-state index < -0.39 is 4.92 Å². The molecule has 0 aliphatic rings. The van der Waals surface area contributed by atoms with Crippen molar-refractivity contribution in [2.75, 3.05) is 17.6 Å². The lowest BCUT2D eigenvalue weighted by Crippen LogP contribution is -2.31. The number of carbonyl (C=O) groups is 1. The molecule has 1 rings (SSSR count). The summed E-state index contributed by atoms with van der Waals surface area (Å²) in [6.07, 6.45) is 0.288. The molecule has 0 aliphatic heterocycles. The molecule has 0 saturated carbocycles. The van der Waals surface area contributed by atoms with Gasteiger partial charge in [0.05, 0.1) is 4.92 Å². The Bertz CT molecular complexity index is 475. The van der Waals surface area contributed by atoms with E-state index in [-0.39, 0.29) is 29.9 Å². The maximum atomic E-state index is 11.4. The Balaban J connectivity index is 2.48. The first-order valence-electron chi connectivity index (χ1n) is 5.84. The highest BCUT2D eigenvalue weighted by Gasteiger charge is 2.12. The SMILES string of the molecule is CC(C)NC(=O)CCNc1ccc([N+](=O)[O-])c(N)n1. The van der Waals surface area contributed by atoms with Crippen molar-refractivity contribution in [2.45, 2.75) is 26.3 Å². The molecule has 8 heteroatoms. The molecular formula is C11H17N5O3. The molecule has 1 aromatic rings. The largest absolute Gasteiger partial charge is 0.378 e.